The predicted octanol–water partition coefficient (Wildman–Crippen LogP) is 5.05. The largest absolute Gasteiger partial charge is 0.508 e. The fourth-order valence-corrected chi connectivity index (χ4v) is 3.36. The molecule has 1 N–H and O–H groups in total. The van der Waals surface area contributed by atoms with Crippen molar-refractivity contribution in [1.29, 1.82) is 0 Å². The molecule has 4 heteroatoms. The van der Waals surface area contributed by atoms with E-state index in [-0.39, 0.29) is 11.9 Å². The first-order valence-corrected chi connectivity index (χ1v) is 9.06. The van der Waals surface area contributed by atoms with Crippen LogP contribution in [0.2, 0.25) is 0 Å². The summed E-state index contributed by atoms with van der Waals surface area (Å²) in [6.45, 7) is 0.490. The van der Waals surface area contributed by atoms with Crippen molar-refractivity contribution in [1.82, 2.24) is 0 Å². The van der Waals surface area contributed by atoms with Gasteiger partial charge in [0.25, 0.3) is 0 Å². The van der Waals surface area contributed by atoms with Gasteiger partial charge in [0.2, 0.25) is 0 Å². The highest BCUT2D eigenvalue weighted by molar-refractivity contribution is 5.52. The van der Waals surface area contributed by atoms with Crippen molar-refractivity contribution in [2.45, 2.75) is 25.6 Å². The maximum atomic E-state index is 9.50. The Morgan fingerprint density at radius 1 is 1.04 bits per heavy atom. The van der Waals surface area contributed by atoms with Crippen molar-refractivity contribution in [3.05, 3.63) is 83.4 Å². The Hall–Kier alpha value is -3.14. The molecule has 1 aliphatic heterocycles. The van der Waals surface area contributed by atoms with Crippen LogP contribution in [-0.4, -0.2) is 12.2 Å². The van der Waals surface area contributed by atoms with E-state index in [9.17, 15) is 5.11 Å². The lowest BCUT2D eigenvalue weighted by Crippen LogP contribution is -2.16. The Bertz CT molecular complexity index is 904. The number of phenols is 1. The van der Waals surface area contributed by atoms with Gasteiger partial charge in [-0.25, -0.2) is 0 Å². The van der Waals surface area contributed by atoms with Gasteiger partial charge in [0, 0.05) is 17.7 Å². The molecule has 3 aromatic rings. The van der Waals surface area contributed by atoms with Crippen molar-refractivity contribution >= 4 is 0 Å². The summed E-state index contributed by atoms with van der Waals surface area (Å²) in [5.74, 6) is 2.57. The highest BCUT2D eigenvalue weighted by atomic mass is 16.5. The summed E-state index contributed by atoms with van der Waals surface area (Å²) in [5.41, 5.74) is 3.23. The zero-order chi connectivity index (χ0) is 18.6. The summed E-state index contributed by atoms with van der Waals surface area (Å²) >= 11 is 0. The number of hydrogen-bond acceptors (Lipinski definition) is 4. The first-order valence-electron chi connectivity index (χ1n) is 9.06. The summed E-state index contributed by atoms with van der Waals surface area (Å²) < 4.78 is 17.8. The molecule has 138 valence electrons. The lowest BCUT2D eigenvalue weighted by Gasteiger charge is -2.28. The Balaban J connectivity index is 1.56. The summed E-state index contributed by atoms with van der Waals surface area (Å²) in [7, 11) is 1.67. The van der Waals surface area contributed by atoms with E-state index >= 15 is 0 Å². The summed E-state index contributed by atoms with van der Waals surface area (Å²) in [4.78, 5) is 0. The van der Waals surface area contributed by atoms with Gasteiger partial charge in [0.05, 0.1) is 7.11 Å². The zero-order valence-corrected chi connectivity index (χ0v) is 15.2. The third kappa shape index (κ3) is 3.85. The van der Waals surface area contributed by atoms with E-state index in [4.69, 9.17) is 14.2 Å². The minimum atomic E-state index is -0.0489. The molecule has 1 heterocycles. The quantitative estimate of drug-likeness (QED) is 0.690. The van der Waals surface area contributed by atoms with E-state index < -0.39 is 0 Å². The number of phenolic OH excluding ortho intramolecular Hbond substituents is 1. The molecule has 4 nitrogen and oxygen atoms in total. The highest BCUT2D eigenvalue weighted by Crippen LogP contribution is 2.42. The number of rotatable bonds is 5. The van der Waals surface area contributed by atoms with Gasteiger partial charge in [-0.15, -0.1) is 0 Å². The van der Waals surface area contributed by atoms with Crippen molar-refractivity contribution in [3.8, 4) is 23.0 Å². The molecule has 0 radical (unpaired) electrons. The molecule has 0 aromatic heterocycles. The molecule has 0 saturated heterocycles. The van der Waals surface area contributed by atoms with Gasteiger partial charge in [0.1, 0.15) is 35.7 Å². The molecular formula is C23H22O4. The Kier molecular flexibility index (Phi) is 4.88. The standard InChI is InChI=1S/C23H22O4/c1-25-22-13-19(26-15-16-5-3-2-4-6-16)14-23-20(22)11-12-21(27-23)17-7-9-18(24)10-8-17/h2-10,13-14,21,24H,11-12,15H2,1H3. The molecule has 3 aromatic carbocycles. The molecule has 0 spiro atoms. The monoisotopic (exact) mass is 362 g/mol. The Morgan fingerprint density at radius 2 is 1.81 bits per heavy atom. The van der Waals surface area contributed by atoms with E-state index in [1.165, 1.54) is 0 Å². The highest BCUT2D eigenvalue weighted by Gasteiger charge is 2.25. The predicted molar refractivity (Wildman–Crippen MR) is 104 cm³/mol. The van der Waals surface area contributed by atoms with Crippen molar-refractivity contribution in [3.63, 3.8) is 0 Å². The van der Waals surface area contributed by atoms with Crippen LogP contribution in [0.3, 0.4) is 0 Å². The van der Waals surface area contributed by atoms with Crippen molar-refractivity contribution in [2.24, 2.45) is 0 Å². The third-order valence-electron chi connectivity index (χ3n) is 4.80. The molecule has 0 saturated carbocycles. The summed E-state index contributed by atoms with van der Waals surface area (Å²) in [6, 6.07) is 21.1. The van der Waals surface area contributed by atoms with Crippen LogP contribution in [0.15, 0.2) is 66.7 Å². The van der Waals surface area contributed by atoms with Crippen LogP contribution in [-0.2, 0) is 13.0 Å². The molecule has 0 aliphatic carbocycles. The molecule has 4 rings (SSSR count). The van der Waals surface area contributed by atoms with Crippen LogP contribution >= 0.6 is 0 Å². The average molecular weight is 362 g/mol. The maximum absolute atomic E-state index is 9.50. The second kappa shape index (κ2) is 7.62. The van der Waals surface area contributed by atoms with Crippen LogP contribution in [0, 0.1) is 0 Å². The number of methoxy groups -OCH3 is 1. The molecule has 27 heavy (non-hydrogen) atoms. The van der Waals surface area contributed by atoms with E-state index in [1.807, 2.05) is 54.6 Å². The van der Waals surface area contributed by atoms with Gasteiger partial charge in [-0.3, -0.25) is 0 Å². The smallest absolute Gasteiger partial charge is 0.130 e. The topological polar surface area (TPSA) is 47.9 Å². The third-order valence-corrected chi connectivity index (χ3v) is 4.80. The van der Waals surface area contributed by atoms with E-state index in [0.717, 1.165) is 46.8 Å². The second-order valence-electron chi connectivity index (χ2n) is 6.61. The van der Waals surface area contributed by atoms with Gasteiger partial charge in [-0.2, -0.15) is 0 Å². The van der Waals surface area contributed by atoms with E-state index in [1.54, 1.807) is 19.2 Å². The first-order chi connectivity index (χ1) is 13.2. The van der Waals surface area contributed by atoms with Crippen LogP contribution in [0.4, 0.5) is 0 Å². The summed E-state index contributed by atoms with van der Waals surface area (Å²) in [6.07, 6.45) is 1.67. The van der Waals surface area contributed by atoms with Gasteiger partial charge in [0.15, 0.2) is 0 Å². The molecule has 1 atom stereocenters. The Morgan fingerprint density at radius 3 is 2.56 bits per heavy atom. The van der Waals surface area contributed by atoms with Crippen LogP contribution in [0.1, 0.15) is 29.2 Å². The number of benzene rings is 3. The summed E-state index contributed by atoms with van der Waals surface area (Å²) in [5, 5.41) is 9.50. The van der Waals surface area contributed by atoms with Gasteiger partial charge < -0.3 is 19.3 Å². The number of ether oxygens (including phenoxy) is 3. The maximum Gasteiger partial charge on any atom is 0.130 e. The first kappa shape index (κ1) is 17.3. The molecule has 0 fully saturated rings. The molecule has 1 unspecified atom stereocenters. The number of fused-ring (bicyclic) bond motifs is 1. The average Bonchev–Trinajstić information content (AvgIpc) is 2.72. The number of aromatic hydroxyl groups is 1. The number of hydrogen-bond donors (Lipinski definition) is 1. The molecule has 0 bridgehead atoms. The SMILES string of the molecule is COc1cc(OCc2ccccc2)cc2c1CCC(c1ccc(O)cc1)O2. The van der Waals surface area contributed by atoms with Crippen molar-refractivity contribution in [2.75, 3.05) is 7.11 Å². The fraction of sp³-hybridized carbons (Fsp3) is 0.217. The lowest BCUT2D eigenvalue weighted by molar-refractivity contribution is 0.173. The fourth-order valence-electron chi connectivity index (χ4n) is 3.36. The van der Waals surface area contributed by atoms with E-state index in [2.05, 4.69) is 0 Å². The van der Waals surface area contributed by atoms with Crippen LogP contribution < -0.4 is 14.2 Å². The molecule has 1 aliphatic rings. The van der Waals surface area contributed by atoms with Gasteiger partial charge in [-0.05, 0) is 36.1 Å². The van der Waals surface area contributed by atoms with Gasteiger partial charge in [-0.1, -0.05) is 42.5 Å². The zero-order valence-electron chi connectivity index (χ0n) is 15.2. The van der Waals surface area contributed by atoms with E-state index in [0.29, 0.717) is 6.61 Å². The minimum Gasteiger partial charge on any atom is -0.508 e. The lowest BCUT2D eigenvalue weighted by atomic mass is 9.96. The van der Waals surface area contributed by atoms with Gasteiger partial charge >= 0.3 is 0 Å². The minimum absolute atomic E-state index is 0.0489. The second-order valence-corrected chi connectivity index (χ2v) is 6.61. The van der Waals surface area contributed by atoms with Crippen molar-refractivity contribution < 1.29 is 19.3 Å². The van der Waals surface area contributed by atoms with Crippen LogP contribution in [0.25, 0.3) is 0 Å². The normalized spacial score (nSPS) is 15.5. The Labute approximate surface area is 158 Å². The van der Waals surface area contributed by atoms with Crippen LogP contribution in [0.5, 0.6) is 23.0 Å². The molecular weight excluding hydrogens is 340 g/mol. The molecule has 0 amide bonds.